The summed E-state index contributed by atoms with van der Waals surface area (Å²) in [6.07, 6.45) is 4.41. The van der Waals surface area contributed by atoms with Gasteiger partial charge < -0.3 is 18.9 Å². The number of carbonyl (C=O) groups excluding carboxylic acids is 2. The van der Waals surface area contributed by atoms with Crippen molar-refractivity contribution in [3.05, 3.63) is 47.3 Å². The molecule has 7 nitrogen and oxygen atoms in total. The van der Waals surface area contributed by atoms with Gasteiger partial charge in [0.1, 0.15) is 12.4 Å². The average molecular weight is 386 g/mol. The molecule has 0 N–H and O–H groups in total. The molecule has 1 aliphatic rings. The van der Waals surface area contributed by atoms with Crippen LogP contribution in [-0.4, -0.2) is 48.1 Å². The Kier molecular flexibility index (Phi) is 6.81. The lowest BCUT2D eigenvalue weighted by Crippen LogP contribution is -2.31. The summed E-state index contributed by atoms with van der Waals surface area (Å²) >= 11 is 0. The van der Waals surface area contributed by atoms with E-state index < -0.39 is 0 Å². The van der Waals surface area contributed by atoms with Gasteiger partial charge in [-0.2, -0.15) is 0 Å². The number of ether oxygens (including phenoxy) is 2. The number of ketones is 1. The van der Waals surface area contributed by atoms with E-state index in [9.17, 15) is 9.59 Å². The minimum absolute atomic E-state index is 0.0281. The first-order valence-electron chi connectivity index (χ1n) is 9.59. The SMILES string of the molecule is CC(=O)c1cccc(OCc2cc(C(=O)N(C)CC[C@H]3CCCCO3)no2)c1. The summed E-state index contributed by atoms with van der Waals surface area (Å²) < 4.78 is 16.6. The summed E-state index contributed by atoms with van der Waals surface area (Å²) in [5.41, 5.74) is 0.831. The van der Waals surface area contributed by atoms with Gasteiger partial charge in [0.15, 0.2) is 17.2 Å². The molecule has 0 saturated carbocycles. The summed E-state index contributed by atoms with van der Waals surface area (Å²) in [5.74, 6) is 0.784. The van der Waals surface area contributed by atoms with Crippen LogP contribution in [0.15, 0.2) is 34.9 Å². The lowest BCUT2D eigenvalue weighted by Gasteiger charge is -2.24. The molecule has 1 aromatic carbocycles. The normalized spacial score (nSPS) is 16.6. The third-order valence-corrected chi connectivity index (χ3v) is 4.81. The van der Waals surface area contributed by atoms with Crippen LogP contribution >= 0.6 is 0 Å². The highest BCUT2D eigenvalue weighted by Crippen LogP contribution is 2.18. The molecule has 1 aromatic heterocycles. The molecule has 1 saturated heterocycles. The molecule has 0 bridgehead atoms. The van der Waals surface area contributed by atoms with Crippen molar-refractivity contribution < 1.29 is 23.6 Å². The lowest BCUT2D eigenvalue weighted by molar-refractivity contribution is 0.00703. The molecule has 0 unspecified atom stereocenters. The molecular weight excluding hydrogens is 360 g/mol. The van der Waals surface area contributed by atoms with E-state index in [2.05, 4.69) is 5.16 Å². The Hall–Kier alpha value is -2.67. The van der Waals surface area contributed by atoms with Gasteiger partial charge >= 0.3 is 0 Å². The number of rotatable bonds is 8. The maximum absolute atomic E-state index is 12.5. The van der Waals surface area contributed by atoms with Gasteiger partial charge in [-0.1, -0.05) is 17.3 Å². The van der Waals surface area contributed by atoms with Gasteiger partial charge in [-0.05, 0) is 44.7 Å². The van der Waals surface area contributed by atoms with Crippen LogP contribution in [0.1, 0.15) is 59.2 Å². The highest BCUT2D eigenvalue weighted by molar-refractivity contribution is 5.94. The van der Waals surface area contributed by atoms with Crippen LogP contribution in [0, 0.1) is 0 Å². The molecule has 2 aromatic rings. The molecule has 150 valence electrons. The maximum atomic E-state index is 12.5. The number of amides is 1. The number of hydrogen-bond donors (Lipinski definition) is 0. The summed E-state index contributed by atoms with van der Waals surface area (Å²) in [6, 6.07) is 8.51. The van der Waals surface area contributed by atoms with Gasteiger partial charge in [-0.25, -0.2) is 0 Å². The zero-order valence-corrected chi connectivity index (χ0v) is 16.3. The van der Waals surface area contributed by atoms with Crippen LogP contribution in [0.4, 0.5) is 0 Å². The molecule has 0 radical (unpaired) electrons. The van der Waals surface area contributed by atoms with Gasteiger partial charge in [0, 0.05) is 31.8 Å². The van der Waals surface area contributed by atoms with E-state index in [0.717, 1.165) is 25.9 Å². The van der Waals surface area contributed by atoms with Gasteiger partial charge in [0.2, 0.25) is 0 Å². The first-order valence-corrected chi connectivity index (χ1v) is 9.59. The molecule has 1 amide bonds. The fourth-order valence-electron chi connectivity index (χ4n) is 3.11. The smallest absolute Gasteiger partial charge is 0.275 e. The number of nitrogens with zero attached hydrogens (tertiary/aromatic N) is 2. The quantitative estimate of drug-likeness (QED) is 0.646. The summed E-state index contributed by atoms with van der Waals surface area (Å²) in [5, 5.41) is 3.86. The van der Waals surface area contributed by atoms with Crippen molar-refractivity contribution in [2.24, 2.45) is 0 Å². The van der Waals surface area contributed by atoms with Crippen molar-refractivity contribution in [3.63, 3.8) is 0 Å². The highest BCUT2D eigenvalue weighted by Gasteiger charge is 2.20. The molecule has 3 rings (SSSR count). The van der Waals surface area contributed by atoms with E-state index in [1.165, 1.54) is 13.3 Å². The second-order valence-corrected chi connectivity index (χ2v) is 7.06. The van der Waals surface area contributed by atoms with Crippen LogP contribution < -0.4 is 4.74 Å². The Morgan fingerprint density at radius 2 is 2.14 bits per heavy atom. The van der Waals surface area contributed by atoms with Crippen LogP contribution in [0.5, 0.6) is 5.75 Å². The Bertz CT molecular complexity index is 811. The van der Waals surface area contributed by atoms with Gasteiger partial charge in [-0.15, -0.1) is 0 Å². The molecule has 0 aliphatic carbocycles. The average Bonchev–Trinajstić information content (AvgIpc) is 3.20. The number of aromatic nitrogens is 1. The standard InChI is InChI=1S/C21H26N2O5/c1-15(24)16-6-5-8-18(12-16)27-14-19-13-20(22-28-19)21(25)23(2)10-9-17-7-3-4-11-26-17/h5-6,8,12-13,17H,3-4,7,9-11,14H2,1-2H3/t17-/m1/s1. The van der Waals surface area contributed by atoms with Gasteiger partial charge in [0.05, 0.1) is 6.10 Å². The van der Waals surface area contributed by atoms with E-state index >= 15 is 0 Å². The highest BCUT2D eigenvalue weighted by atomic mass is 16.5. The van der Waals surface area contributed by atoms with Crippen LogP contribution in [0.25, 0.3) is 0 Å². The summed E-state index contributed by atoms with van der Waals surface area (Å²) in [4.78, 5) is 25.6. The van der Waals surface area contributed by atoms with Crippen LogP contribution in [0.2, 0.25) is 0 Å². The second kappa shape index (κ2) is 9.50. The van der Waals surface area contributed by atoms with Gasteiger partial charge in [-0.3, -0.25) is 9.59 Å². The lowest BCUT2D eigenvalue weighted by atomic mass is 10.1. The first kappa shape index (κ1) is 20.1. The second-order valence-electron chi connectivity index (χ2n) is 7.06. The summed E-state index contributed by atoms with van der Waals surface area (Å²) in [7, 11) is 1.75. The number of Topliss-reactive ketones (excluding diaryl/α,β-unsaturated/α-hetero) is 1. The molecule has 2 heterocycles. The van der Waals surface area contributed by atoms with Crippen LogP contribution in [-0.2, 0) is 11.3 Å². The third kappa shape index (κ3) is 5.42. The monoisotopic (exact) mass is 386 g/mol. The zero-order valence-electron chi connectivity index (χ0n) is 16.3. The van der Waals surface area contributed by atoms with Crippen molar-refractivity contribution in [2.45, 2.75) is 45.3 Å². The Labute approximate surface area is 164 Å². The Morgan fingerprint density at radius 3 is 2.89 bits per heavy atom. The molecule has 28 heavy (non-hydrogen) atoms. The van der Waals surface area contributed by atoms with E-state index in [1.807, 2.05) is 0 Å². The van der Waals surface area contributed by atoms with Crippen molar-refractivity contribution in [1.82, 2.24) is 10.1 Å². The van der Waals surface area contributed by atoms with Gasteiger partial charge in [0.25, 0.3) is 5.91 Å². The predicted octanol–water partition coefficient (Wildman–Crippen LogP) is 3.49. The Morgan fingerprint density at radius 1 is 1.29 bits per heavy atom. The largest absolute Gasteiger partial charge is 0.486 e. The Balaban J connectivity index is 1.50. The topological polar surface area (TPSA) is 81.9 Å². The van der Waals surface area contributed by atoms with Crippen LogP contribution in [0.3, 0.4) is 0 Å². The minimum atomic E-state index is -0.190. The molecule has 0 spiro atoms. The van der Waals surface area contributed by atoms with Crippen molar-refractivity contribution >= 4 is 11.7 Å². The zero-order chi connectivity index (χ0) is 19.9. The summed E-state index contributed by atoms with van der Waals surface area (Å²) in [6.45, 7) is 3.05. The predicted molar refractivity (Wildman–Crippen MR) is 102 cm³/mol. The maximum Gasteiger partial charge on any atom is 0.275 e. The number of hydrogen-bond acceptors (Lipinski definition) is 6. The minimum Gasteiger partial charge on any atom is -0.486 e. The fraction of sp³-hybridized carbons (Fsp3) is 0.476. The fourth-order valence-corrected chi connectivity index (χ4v) is 3.11. The molecule has 7 heteroatoms. The third-order valence-electron chi connectivity index (χ3n) is 4.81. The van der Waals surface area contributed by atoms with E-state index in [4.69, 9.17) is 14.0 Å². The molecule has 1 fully saturated rings. The molecule has 1 atom stereocenters. The van der Waals surface area contributed by atoms with E-state index in [1.54, 1.807) is 42.3 Å². The molecular formula is C21H26N2O5. The number of carbonyl (C=O) groups is 2. The molecule has 1 aliphatic heterocycles. The van der Waals surface area contributed by atoms with Crippen molar-refractivity contribution in [2.75, 3.05) is 20.2 Å². The van der Waals surface area contributed by atoms with Crippen molar-refractivity contribution in [1.29, 1.82) is 0 Å². The number of benzene rings is 1. The van der Waals surface area contributed by atoms with E-state index in [0.29, 0.717) is 23.6 Å². The van der Waals surface area contributed by atoms with Crippen molar-refractivity contribution in [3.8, 4) is 5.75 Å². The van der Waals surface area contributed by atoms with E-state index in [-0.39, 0.29) is 30.1 Å². The first-order chi connectivity index (χ1) is 13.5.